The van der Waals surface area contributed by atoms with Crippen molar-refractivity contribution in [2.45, 2.75) is 0 Å². The minimum Gasteiger partial charge on any atom is -0.323 e. The highest BCUT2D eigenvalue weighted by atomic mass is 32.1. The molecule has 4 rings (SSSR count). The number of fused-ring (bicyclic) bond motifs is 1. The molecule has 1 N–H and O–H groups in total. The molecular formula is C21H15N3OS. The number of amides is 1. The fourth-order valence-electron chi connectivity index (χ4n) is 2.51. The lowest BCUT2D eigenvalue weighted by atomic mass is 10.2. The van der Waals surface area contributed by atoms with Gasteiger partial charge in [0.25, 0.3) is 0 Å². The normalized spacial score (nSPS) is 11.1. The maximum atomic E-state index is 12.0. The highest BCUT2D eigenvalue weighted by Crippen LogP contribution is 2.29. The van der Waals surface area contributed by atoms with Gasteiger partial charge in [0.1, 0.15) is 15.4 Å². The first-order valence-corrected chi connectivity index (χ1v) is 8.96. The highest BCUT2D eigenvalue weighted by molar-refractivity contribution is 7.21. The summed E-state index contributed by atoms with van der Waals surface area (Å²) in [4.78, 5) is 21.9. The summed E-state index contributed by atoms with van der Waals surface area (Å²) in [6, 6.07) is 21.2. The Kier molecular flexibility index (Phi) is 4.53. The van der Waals surface area contributed by atoms with Crippen molar-refractivity contribution in [1.82, 2.24) is 9.97 Å². The number of carbonyl (C=O) groups excluding carboxylic acids is 1. The van der Waals surface area contributed by atoms with Crippen LogP contribution in [0, 0.1) is 0 Å². The third kappa shape index (κ3) is 3.68. The van der Waals surface area contributed by atoms with Gasteiger partial charge in [-0.05, 0) is 48.0 Å². The predicted molar refractivity (Wildman–Crippen MR) is 107 cm³/mol. The Morgan fingerprint density at radius 2 is 1.77 bits per heavy atom. The van der Waals surface area contributed by atoms with Crippen LogP contribution < -0.4 is 5.32 Å². The standard InChI is InChI=1S/C21H15N3OS/c25-19(13-8-15-5-2-1-3-6-15)23-17-11-9-16(10-12-17)20-24-18-7-4-14-22-21(18)26-20/h1-14H,(H,23,25)/b13-8+. The number of thiazole rings is 1. The summed E-state index contributed by atoms with van der Waals surface area (Å²) >= 11 is 1.56. The molecule has 5 heteroatoms. The molecule has 0 unspecified atom stereocenters. The summed E-state index contributed by atoms with van der Waals surface area (Å²) < 4.78 is 0. The third-order valence-electron chi connectivity index (χ3n) is 3.79. The monoisotopic (exact) mass is 357 g/mol. The van der Waals surface area contributed by atoms with Crippen molar-refractivity contribution >= 4 is 39.4 Å². The number of aromatic nitrogens is 2. The number of hydrogen-bond acceptors (Lipinski definition) is 4. The first-order chi connectivity index (χ1) is 12.8. The van der Waals surface area contributed by atoms with Crippen molar-refractivity contribution in [3.63, 3.8) is 0 Å². The van der Waals surface area contributed by atoms with E-state index in [0.717, 1.165) is 32.2 Å². The van der Waals surface area contributed by atoms with Gasteiger partial charge in [-0.15, -0.1) is 0 Å². The van der Waals surface area contributed by atoms with Crippen LogP contribution >= 0.6 is 11.3 Å². The number of carbonyl (C=O) groups is 1. The van der Waals surface area contributed by atoms with Crippen LogP contribution in [0.2, 0.25) is 0 Å². The van der Waals surface area contributed by atoms with Gasteiger partial charge in [0.15, 0.2) is 0 Å². The maximum Gasteiger partial charge on any atom is 0.248 e. The molecule has 0 fully saturated rings. The summed E-state index contributed by atoms with van der Waals surface area (Å²) in [5.74, 6) is -0.161. The fraction of sp³-hybridized carbons (Fsp3) is 0. The Hall–Kier alpha value is -3.31. The van der Waals surface area contributed by atoms with E-state index in [0.29, 0.717) is 0 Å². The number of nitrogens with zero attached hydrogens (tertiary/aromatic N) is 2. The van der Waals surface area contributed by atoms with Crippen LogP contribution in [0.15, 0.2) is 79.0 Å². The van der Waals surface area contributed by atoms with Crippen molar-refractivity contribution in [3.05, 3.63) is 84.6 Å². The molecule has 4 nitrogen and oxygen atoms in total. The zero-order chi connectivity index (χ0) is 17.8. The van der Waals surface area contributed by atoms with Gasteiger partial charge < -0.3 is 5.32 Å². The molecule has 0 bridgehead atoms. The number of pyridine rings is 1. The van der Waals surface area contributed by atoms with Crippen LogP contribution in [-0.2, 0) is 4.79 Å². The predicted octanol–water partition coefficient (Wildman–Crippen LogP) is 5.01. The van der Waals surface area contributed by atoms with Crippen LogP contribution in [-0.4, -0.2) is 15.9 Å². The van der Waals surface area contributed by atoms with Gasteiger partial charge in [-0.2, -0.15) is 0 Å². The van der Waals surface area contributed by atoms with Gasteiger partial charge >= 0.3 is 0 Å². The minimum absolute atomic E-state index is 0.161. The zero-order valence-corrected chi connectivity index (χ0v) is 14.6. The molecule has 0 saturated carbocycles. The summed E-state index contributed by atoms with van der Waals surface area (Å²) in [6.45, 7) is 0. The van der Waals surface area contributed by atoms with Crippen LogP contribution in [0.25, 0.3) is 27.0 Å². The molecule has 0 saturated heterocycles. The molecule has 0 spiro atoms. The van der Waals surface area contributed by atoms with Crippen molar-refractivity contribution in [3.8, 4) is 10.6 Å². The molecular weight excluding hydrogens is 342 g/mol. The lowest BCUT2D eigenvalue weighted by Gasteiger charge is -2.03. The van der Waals surface area contributed by atoms with Crippen molar-refractivity contribution in [2.75, 3.05) is 5.32 Å². The zero-order valence-electron chi connectivity index (χ0n) is 13.8. The second-order valence-corrected chi connectivity index (χ2v) is 6.63. The average Bonchev–Trinajstić information content (AvgIpc) is 3.12. The molecule has 26 heavy (non-hydrogen) atoms. The van der Waals surface area contributed by atoms with E-state index >= 15 is 0 Å². The summed E-state index contributed by atoms with van der Waals surface area (Å²) in [5.41, 5.74) is 3.64. The largest absolute Gasteiger partial charge is 0.323 e. The lowest BCUT2D eigenvalue weighted by Crippen LogP contribution is -2.07. The smallest absolute Gasteiger partial charge is 0.248 e. The van der Waals surface area contributed by atoms with Gasteiger partial charge in [0.2, 0.25) is 5.91 Å². The van der Waals surface area contributed by atoms with Crippen molar-refractivity contribution in [1.29, 1.82) is 0 Å². The number of nitrogens with one attached hydrogen (secondary N) is 1. The molecule has 0 aliphatic rings. The average molecular weight is 357 g/mol. The van der Waals surface area contributed by atoms with E-state index in [9.17, 15) is 4.79 Å². The first-order valence-electron chi connectivity index (χ1n) is 8.14. The van der Waals surface area contributed by atoms with E-state index < -0.39 is 0 Å². The topological polar surface area (TPSA) is 54.9 Å². The molecule has 0 aliphatic heterocycles. The first kappa shape index (κ1) is 16.2. The van der Waals surface area contributed by atoms with E-state index in [-0.39, 0.29) is 5.91 Å². The van der Waals surface area contributed by atoms with E-state index in [1.165, 1.54) is 6.08 Å². The van der Waals surface area contributed by atoms with Crippen molar-refractivity contribution in [2.24, 2.45) is 0 Å². The van der Waals surface area contributed by atoms with Crippen LogP contribution in [0.4, 0.5) is 5.69 Å². The Morgan fingerprint density at radius 3 is 2.54 bits per heavy atom. The maximum absolute atomic E-state index is 12.0. The highest BCUT2D eigenvalue weighted by Gasteiger charge is 2.07. The molecule has 2 aromatic heterocycles. The second kappa shape index (κ2) is 7.29. The van der Waals surface area contributed by atoms with E-state index in [2.05, 4.69) is 15.3 Å². The molecule has 2 heterocycles. The molecule has 2 aromatic carbocycles. The van der Waals surface area contributed by atoms with Gasteiger partial charge in [-0.25, -0.2) is 9.97 Å². The molecule has 126 valence electrons. The van der Waals surface area contributed by atoms with Crippen LogP contribution in [0.1, 0.15) is 5.56 Å². The van der Waals surface area contributed by atoms with Gasteiger partial charge in [-0.3, -0.25) is 4.79 Å². The SMILES string of the molecule is O=C(/C=C/c1ccccc1)Nc1ccc(-c2nc3cccnc3s2)cc1. The van der Waals surface area contributed by atoms with E-state index in [1.54, 1.807) is 23.6 Å². The van der Waals surface area contributed by atoms with E-state index in [4.69, 9.17) is 0 Å². The molecule has 0 radical (unpaired) electrons. The lowest BCUT2D eigenvalue weighted by molar-refractivity contribution is -0.111. The Bertz CT molecular complexity index is 1040. The molecule has 0 aliphatic carbocycles. The number of benzene rings is 2. The van der Waals surface area contributed by atoms with Gasteiger partial charge in [0, 0.05) is 23.5 Å². The second-order valence-electron chi connectivity index (χ2n) is 5.66. The quantitative estimate of drug-likeness (QED) is 0.522. The summed E-state index contributed by atoms with van der Waals surface area (Å²) in [7, 11) is 0. The van der Waals surface area contributed by atoms with Gasteiger partial charge in [0.05, 0.1) is 0 Å². The number of rotatable bonds is 4. The Morgan fingerprint density at radius 1 is 0.962 bits per heavy atom. The number of hydrogen-bond donors (Lipinski definition) is 1. The summed E-state index contributed by atoms with van der Waals surface area (Å²) in [5, 5.41) is 3.78. The van der Waals surface area contributed by atoms with Crippen LogP contribution in [0.3, 0.4) is 0 Å². The minimum atomic E-state index is -0.161. The molecule has 4 aromatic rings. The molecule has 1 amide bonds. The van der Waals surface area contributed by atoms with E-state index in [1.807, 2.05) is 66.7 Å². The van der Waals surface area contributed by atoms with Crippen molar-refractivity contribution < 1.29 is 4.79 Å². The molecule has 0 atom stereocenters. The third-order valence-corrected chi connectivity index (χ3v) is 4.82. The summed E-state index contributed by atoms with van der Waals surface area (Å²) in [6.07, 6.45) is 5.09. The Balaban J connectivity index is 1.45. The fourth-order valence-corrected chi connectivity index (χ4v) is 3.42. The van der Waals surface area contributed by atoms with Crippen LogP contribution in [0.5, 0.6) is 0 Å². The van der Waals surface area contributed by atoms with Gasteiger partial charge in [-0.1, -0.05) is 41.7 Å². The Labute approximate surface area is 154 Å². The number of anilines is 1.